The van der Waals surface area contributed by atoms with Crippen LogP contribution < -0.4 is 15.6 Å². The molecule has 0 saturated heterocycles. The molecule has 0 aliphatic rings. The smallest absolute Gasteiger partial charge is 0.240 e. The number of rotatable bonds is 7. The van der Waals surface area contributed by atoms with Crippen LogP contribution in [0.1, 0.15) is 29.7 Å². The molecule has 154 valence electrons. The van der Waals surface area contributed by atoms with E-state index in [9.17, 15) is 16.8 Å². The Bertz CT molecular complexity index is 1090. The lowest BCUT2D eigenvalue weighted by molar-refractivity contribution is 0.395. The van der Waals surface area contributed by atoms with E-state index in [0.29, 0.717) is 5.56 Å². The molecule has 11 heteroatoms. The van der Waals surface area contributed by atoms with Gasteiger partial charge in [-0.2, -0.15) is 0 Å². The lowest BCUT2D eigenvalue weighted by atomic mass is 10.1. The summed E-state index contributed by atoms with van der Waals surface area (Å²) in [6.45, 7) is 3.58. The highest BCUT2D eigenvalue weighted by Crippen LogP contribution is 2.44. The number of aryl methyl sites for hydroxylation is 1. The Labute approximate surface area is 178 Å². The van der Waals surface area contributed by atoms with Crippen molar-refractivity contribution < 1.29 is 21.6 Å². The fraction of sp³-hybridized carbons (Fsp3) is 0.294. The zero-order valence-electron chi connectivity index (χ0n) is 15.1. The van der Waals surface area contributed by atoms with Crippen molar-refractivity contribution in [3.05, 3.63) is 46.5 Å². The maximum absolute atomic E-state index is 13.5. The Morgan fingerprint density at radius 1 is 1.18 bits per heavy atom. The van der Waals surface area contributed by atoms with E-state index in [1.54, 1.807) is 31.2 Å². The molecule has 0 radical (unpaired) electrons. The summed E-state index contributed by atoms with van der Waals surface area (Å²) in [7, 11) is -8.49. The maximum atomic E-state index is 13.5. The average molecular weight is 512 g/mol. The number of hydrogen-bond donors (Lipinski definition) is 2. The number of primary sulfonamides is 1. The van der Waals surface area contributed by atoms with Crippen molar-refractivity contribution >= 4 is 53.1 Å². The first-order chi connectivity index (χ1) is 12.9. The Kier molecular flexibility index (Phi) is 7.03. The van der Waals surface area contributed by atoms with E-state index in [1.807, 2.05) is 6.92 Å². The standard InChI is InChI=1S/C17H20BrClN2O5S2/c1-3-13(11-6-4-10(2)5-7-11)27(22,23)17-15(19)12(26-9-18)8-14(16(17)20)28(21,24)25/h4-8,13H,3,9,20H2,1-2H3,(H2,21,24,25). The van der Waals surface area contributed by atoms with Crippen LogP contribution in [0.3, 0.4) is 0 Å². The number of anilines is 1. The molecule has 0 fully saturated rings. The molecular weight excluding hydrogens is 492 g/mol. The summed E-state index contributed by atoms with van der Waals surface area (Å²) in [5.41, 5.74) is 6.86. The van der Waals surface area contributed by atoms with Crippen LogP contribution in [-0.4, -0.2) is 22.4 Å². The molecule has 0 saturated carbocycles. The zero-order valence-corrected chi connectivity index (χ0v) is 19.1. The summed E-state index contributed by atoms with van der Waals surface area (Å²) in [6, 6.07) is 7.99. The van der Waals surface area contributed by atoms with E-state index in [2.05, 4.69) is 15.9 Å². The second-order valence-corrected chi connectivity index (χ2v) is 10.5. The van der Waals surface area contributed by atoms with Gasteiger partial charge in [0.2, 0.25) is 10.0 Å². The molecule has 1 unspecified atom stereocenters. The summed E-state index contributed by atoms with van der Waals surface area (Å²) in [5, 5.41) is 3.93. The maximum Gasteiger partial charge on any atom is 0.240 e. The minimum Gasteiger partial charge on any atom is -0.481 e. The fourth-order valence-electron chi connectivity index (χ4n) is 2.84. The predicted octanol–water partition coefficient (Wildman–Crippen LogP) is 3.53. The Morgan fingerprint density at radius 2 is 1.75 bits per heavy atom. The first-order valence-corrected chi connectivity index (χ1v) is 12.7. The molecule has 0 amide bonds. The Morgan fingerprint density at radius 3 is 2.21 bits per heavy atom. The molecule has 28 heavy (non-hydrogen) atoms. The number of nitrogens with two attached hydrogens (primary N) is 2. The number of halogens is 2. The molecule has 0 aliphatic carbocycles. The van der Waals surface area contributed by atoms with E-state index in [4.69, 9.17) is 27.2 Å². The minimum absolute atomic E-state index is 0.0463. The summed E-state index contributed by atoms with van der Waals surface area (Å²) in [5.74, 6) is -0.158. The highest BCUT2D eigenvalue weighted by atomic mass is 79.9. The number of hydrogen-bond acceptors (Lipinski definition) is 6. The fourth-order valence-corrected chi connectivity index (χ4v) is 6.37. The molecule has 1 atom stereocenters. The van der Waals surface area contributed by atoms with Crippen LogP contribution in [-0.2, 0) is 19.9 Å². The van der Waals surface area contributed by atoms with Crippen LogP contribution in [0.4, 0.5) is 5.69 Å². The second kappa shape index (κ2) is 8.58. The van der Waals surface area contributed by atoms with Crippen molar-refractivity contribution in [2.24, 2.45) is 5.14 Å². The normalized spacial score (nSPS) is 13.3. The van der Waals surface area contributed by atoms with Crippen LogP contribution in [0.5, 0.6) is 5.75 Å². The largest absolute Gasteiger partial charge is 0.481 e. The van der Waals surface area contributed by atoms with Crippen molar-refractivity contribution in [1.29, 1.82) is 0 Å². The van der Waals surface area contributed by atoms with Crippen LogP contribution in [0.25, 0.3) is 0 Å². The van der Waals surface area contributed by atoms with Gasteiger partial charge < -0.3 is 10.5 Å². The van der Waals surface area contributed by atoms with E-state index in [0.717, 1.165) is 11.6 Å². The minimum atomic E-state index is -4.32. The summed E-state index contributed by atoms with van der Waals surface area (Å²) in [4.78, 5) is -1.07. The molecule has 7 nitrogen and oxygen atoms in total. The highest BCUT2D eigenvalue weighted by molar-refractivity contribution is 9.09. The quantitative estimate of drug-likeness (QED) is 0.432. The van der Waals surface area contributed by atoms with Gasteiger partial charge in [0, 0.05) is 6.07 Å². The molecular formula is C17H20BrClN2O5S2. The van der Waals surface area contributed by atoms with Gasteiger partial charge in [-0.15, -0.1) is 0 Å². The summed E-state index contributed by atoms with van der Waals surface area (Å²) < 4.78 is 56.0. The highest BCUT2D eigenvalue weighted by Gasteiger charge is 2.35. The van der Waals surface area contributed by atoms with Gasteiger partial charge in [-0.1, -0.05) is 48.4 Å². The molecule has 0 bridgehead atoms. The van der Waals surface area contributed by atoms with Crippen LogP contribution in [0.15, 0.2) is 40.1 Å². The molecule has 0 heterocycles. The number of ether oxygens (including phenoxy) is 1. The van der Waals surface area contributed by atoms with Gasteiger partial charge in [-0.25, -0.2) is 22.0 Å². The summed E-state index contributed by atoms with van der Waals surface area (Å²) in [6.07, 6.45) is 0.218. The third kappa shape index (κ3) is 4.46. The molecule has 2 rings (SSSR count). The zero-order chi connectivity index (χ0) is 21.3. The van der Waals surface area contributed by atoms with Gasteiger partial charge in [0.05, 0.1) is 10.9 Å². The monoisotopic (exact) mass is 510 g/mol. The predicted molar refractivity (Wildman–Crippen MR) is 113 cm³/mol. The van der Waals surface area contributed by atoms with Crippen LogP contribution in [0.2, 0.25) is 5.02 Å². The lowest BCUT2D eigenvalue weighted by Crippen LogP contribution is -2.20. The molecule has 0 spiro atoms. The second-order valence-electron chi connectivity index (χ2n) is 6.08. The molecule has 2 aromatic rings. The van der Waals surface area contributed by atoms with E-state index in [1.165, 1.54) is 0 Å². The number of sulfone groups is 1. The molecule has 2 aromatic carbocycles. The summed E-state index contributed by atoms with van der Waals surface area (Å²) >= 11 is 9.31. The van der Waals surface area contributed by atoms with Crippen LogP contribution >= 0.6 is 27.5 Å². The van der Waals surface area contributed by atoms with Gasteiger partial charge in [-0.3, -0.25) is 0 Å². The van der Waals surface area contributed by atoms with Crippen molar-refractivity contribution in [2.75, 3.05) is 11.2 Å². The van der Waals surface area contributed by atoms with Gasteiger partial charge >= 0.3 is 0 Å². The van der Waals surface area contributed by atoms with E-state index < -0.39 is 40.6 Å². The first kappa shape index (κ1) is 23.0. The third-order valence-corrected chi connectivity index (χ3v) is 8.20. The van der Waals surface area contributed by atoms with Crippen molar-refractivity contribution in [3.63, 3.8) is 0 Å². The molecule has 0 aliphatic heterocycles. The van der Waals surface area contributed by atoms with Crippen molar-refractivity contribution in [3.8, 4) is 5.75 Å². The van der Waals surface area contributed by atoms with E-state index >= 15 is 0 Å². The topological polar surface area (TPSA) is 130 Å². The average Bonchev–Trinajstić information content (AvgIpc) is 2.58. The SMILES string of the molecule is CCC(c1ccc(C)cc1)S(=O)(=O)c1c(N)c(S(N)(=O)=O)cc(OCBr)c1Cl. The number of alkyl halides is 1. The van der Waals surface area contributed by atoms with Crippen LogP contribution in [0, 0.1) is 6.92 Å². The van der Waals surface area contributed by atoms with E-state index in [-0.39, 0.29) is 22.7 Å². The van der Waals surface area contributed by atoms with Gasteiger partial charge in [0.15, 0.2) is 9.84 Å². The Hall–Kier alpha value is -1.33. The number of nitrogen functional groups attached to an aromatic ring is 1. The van der Waals surface area contributed by atoms with Gasteiger partial charge in [0.25, 0.3) is 0 Å². The number of benzene rings is 2. The van der Waals surface area contributed by atoms with Crippen molar-refractivity contribution in [1.82, 2.24) is 0 Å². The lowest BCUT2D eigenvalue weighted by Gasteiger charge is -2.21. The van der Waals surface area contributed by atoms with Gasteiger partial charge in [-0.05, 0) is 34.8 Å². The molecule has 0 aromatic heterocycles. The molecule has 4 N–H and O–H groups in total. The first-order valence-electron chi connectivity index (χ1n) is 8.09. The number of sulfonamides is 1. The van der Waals surface area contributed by atoms with Gasteiger partial charge in [0.1, 0.15) is 26.1 Å². The van der Waals surface area contributed by atoms with Crippen molar-refractivity contribution in [2.45, 2.75) is 35.3 Å². The third-order valence-electron chi connectivity index (χ3n) is 4.18. The Balaban J connectivity index is 2.82.